The highest BCUT2D eigenvalue weighted by Crippen LogP contribution is 2.38. The summed E-state index contributed by atoms with van der Waals surface area (Å²) < 4.78 is 6.84. The zero-order valence-corrected chi connectivity index (χ0v) is 12.0. The fourth-order valence-corrected chi connectivity index (χ4v) is 2.86. The molecule has 1 aliphatic rings. The van der Waals surface area contributed by atoms with Gasteiger partial charge in [-0.25, -0.2) is 9.78 Å². The topological polar surface area (TPSA) is 56.1 Å². The number of anilines is 1. The molecule has 0 bridgehead atoms. The summed E-state index contributed by atoms with van der Waals surface area (Å²) in [7, 11) is 1.39. The van der Waals surface area contributed by atoms with Crippen molar-refractivity contribution in [3.8, 4) is 5.69 Å². The van der Waals surface area contributed by atoms with E-state index in [2.05, 4.69) is 28.7 Å². The molecule has 0 radical (unpaired) electrons. The molecule has 0 unspecified atom stereocenters. The van der Waals surface area contributed by atoms with E-state index in [-0.39, 0.29) is 11.5 Å². The number of benzene rings is 1. The van der Waals surface area contributed by atoms with Gasteiger partial charge in [0.2, 0.25) is 0 Å². The van der Waals surface area contributed by atoms with Gasteiger partial charge in [-0.3, -0.25) is 4.57 Å². The van der Waals surface area contributed by atoms with E-state index in [4.69, 9.17) is 4.74 Å². The number of nitrogens with zero attached hydrogens (tertiary/aromatic N) is 2. The maximum atomic E-state index is 11.6. The third-order valence-electron chi connectivity index (χ3n) is 3.67. The zero-order chi connectivity index (χ0) is 14.5. The highest BCUT2D eigenvalue weighted by molar-refractivity contribution is 5.91. The Morgan fingerprint density at radius 1 is 1.40 bits per heavy atom. The molecular formula is C15H17N3O2. The van der Waals surface area contributed by atoms with Crippen LogP contribution in [0.25, 0.3) is 5.69 Å². The average Bonchev–Trinajstić information content (AvgIpc) is 2.80. The molecule has 1 aliphatic heterocycles. The fourth-order valence-electron chi connectivity index (χ4n) is 2.86. The second-order valence-electron chi connectivity index (χ2n) is 5.52. The van der Waals surface area contributed by atoms with Crippen LogP contribution in [-0.4, -0.2) is 22.6 Å². The van der Waals surface area contributed by atoms with Crippen LogP contribution in [0.2, 0.25) is 0 Å². The number of methoxy groups -OCH3 is 1. The van der Waals surface area contributed by atoms with Crippen molar-refractivity contribution in [2.75, 3.05) is 12.4 Å². The Bertz CT molecular complexity index is 701. The number of carbonyl (C=O) groups is 1. The summed E-state index contributed by atoms with van der Waals surface area (Å²) in [6.45, 7) is 6.20. The molecule has 1 aromatic carbocycles. The minimum atomic E-state index is -0.333. The lowest BCUT2D eigenvalue weighted by atomic mass is 9.94. The third kappa shape index (κ3) is 1.70. The van der Waals surface area contributed by atoms with Crippen LogP contribution < -0.4 is 5.32 Å². The maximum Gasteiger partial charge on any atom is 0.337 e. The molecule has 0 fully saturated rings. The summed E-state index contributed by atoms with van der Waals surface area (Å²) >= 11 is 0. The van der Waals surface area contributed by atoms with Crippen LogP contribution in [0.4, 0.5) is 5.69 Å². The van der Waals surface area contributed by atoms with E-state index in [0.717, 1.165) is 22.8 Å². The average molecular weight is 271 g/mol. The van der Waals surface area contributed by atoms with Gasteiger partial charge in [0, 0.05) is 0 Å². The molecule has 0 amide bonds. The Hall–Kier alpha value is -2.30. The standard InChI is InChI=1S/C15H17N3O2/c1-9-13-15(2,3)17-11-7-10(14(19)20-4)5-6-12(11)18(13)8-16-9/h5-8,17H,1-4H3. The van der Waals surface area contributed by atoms with Gasteiger partial charge in [0.05, 0.1) is 47.3 Å². The van der Waals surface area contributed by atoms with Gasteiger partial charge < -0.3 is 10.1 Å². The zero-order valence-electron chi connectivity index (χ0n) is 12.0. The number of ether oxygens (including phenoxy) is 1. The maximum absolute atomic E-state index is 11.6. The number of carbonyl (C=O) groups excluding carboxylic acids is 1. The summed E-state index contributed by atoms with van der Waals surface area (Å²) in [5.74, 6) is -0.333. The molecule has 3 rings (SSSR count). The van der Waals surface area contributed by atoms with Crippen LogP contribution in [-0.2, 0) is 10.3 Å². The normalized spacial score (nSPS) is 15.0. The quantitative estimate of drug-likeness (QED) is 0.810. The van der Waals surface area contributed by atoms with Crippen LogP contribution in [0, 0.1) is 6.92 Å². The van der Waals surface area contributed by atoms with Gasteiger partial charge >= 0.3 is 5.97 Å². The van der Waals surface area contributed by atoms with E-state index in [1.54, 1.807) is 6.07 Å². The van der Waals surface area contributed by atoms with Crippen molar-refractivity contribution in [3.63, 3.8) is 0 Å². The number of aromatic nitrogens is 2. The van der Waals surface area contributed by atoms with E-state index in [1.807, 2.05) is 25.4 Å². The van der Waals surface area contributed by atoms with Gasteiger partial charge in [0.1, 0.15) is 0 Å². The second-order valence-corrected chi connectivity index (χ2v) is 5.52. The van der Waals surface area contributed by atoms with Crippen LogP contribution in [0.15, 0.2) is 24.5 Å². The SMILES string of the molecule is COC(=O)c1ccc2c(c1)NC(C)(C)c1c(C)ncn1-2. The van der Waals surface area contributed by atoms with Gasteiger partial charge in [-0.15, -0.1) is 0 Å². The number of aryl methyl sites for hydroxylation is 1. The first-order valence-electron chi connectivity index (χ1n) is 6.49. The Morgan fingerprint density at radius 2 is 2.15 bits per heavy atom. The number of hydrogen-bond donors (Lipinski definition) is 1. The molecule has 2 aromatic rings. The lowest BCUT2D eigenvalue weighted by Gasteiger charge is -2.35. The third-order valence-corrected chi connectivity index (χ3v) is 3.67. The van der Waals surface area contributed by atoms with Crippen LogP contribution in [0.5, 0.6) is 0 Å². The molecule has 0 aliphatic carbocycles. The Labute approximate surface area is 117 Å². The number of imidazole rings is 1. The van der Waals surface area contributed by atoms with Gasteiger partial charge in [0.25, 0.3) is 0 Å². The van der Waals surface area contributed by atoms with Gasteiger partial charge in [0.15, 0.2) is 0 Å². The van der Waals surface area contributed by atoms with Gasteiger partial charge in [-0.2, -0.15) is 0 Å². The van der Waals surface area contributed by atoms with Crippen molar-refractivity contribution in [3.05, 3.63) is 41.5 Å². The Morgan fingerprint density at radius 3 is 2.85 bits per heavy atom. The van der Waals surface area contributed by atoms with E-state index in [1.165, 1.54) is 7.11 Å². The van der Waals surface area contributed by atoms with Gasteiger partial charge in [-0.05, 0) is 39.0 Å². The number of fused-ring (bicyclic) bond motifs is 3. The number of esters is 1. The lowest BCUT2D eigenvalue weighted by molar-refractivity contribution is 0.0601. The van der Waals surface area contributed by atoms with Crippen LogP contribution in [0.1, 0.15) is 35.6 Å². The summed E-state index contributed by atoms with van der Waals surface area (Å²) in [6, 6.07) is 5.50. The fraction of sp³-hybridized carbons (Fsp3) is 0.333. The highest BCUT2D eigenvalue weighted by atomic mass is 16.5. The number of hydrogen-bond acceptors (Lipinski definition) is 4. The molecule has 5 heteroatoms. The monoisotopic (exact) mass is 271 g/mol. The molecule has 1 aromatic heterocycles. The molecular weight excluding hydrogens is 254 g/mol. The van der Waals surface area contributed by atoms with E-state index in [9.17, 15) is 4.79 Å². The summed E-state index contributed by atoms with van der Waals surface area (Å²) in [4.78, 5) is 16.0. The summed E-state index contributed by atoms with van der Waals surface area (Å²) in [6.07, 6.45) is 1.82. The van der Waals surface area contributed by atoms with Gasteiger partial charge in [-0.1, -0.05) is 0 Å². The first kappa shape index (κ1) is 12.7. The molecule has 1 N–H and O–H groups in total. The predicted octanol–water partition coefficient (Wildman–Crippen LogP) is 2.63. The Balaban J connectivity index is 2.20. The molecule has 2 heterocycles. The van der Waals surface area contributed by atoms with Crippen molar-refractivity contribution >= 4 is 11.7 Å². The van der Waals surface area contributed by atoms with Crippen molar-refractivity contribution in [2.24, 2.45) is 0 Å². The highest BCUT2D eigenvalue weighted by Gasteiger charge is 2.33. The van der Waals surface area contributed by atoms with Crippen molar-refractivity contribution in [1.29, 1.82) is 0 Å². The molecule has 104 valence electrons. The second kappa shape index (κ2) is 4.10. The summed E-state index contributed by atoms with van der Waals surface area (Å²) in [5, 5.41) is 3.47. The Kier molecular flexibility index (Phi) is 2.61. The molecule has 0 saturated carbocycles. The first-order chi connectivity index (χ1) is 9.44. The lowest BCUT2D eigenvalue weighted by Crippen LogP contribution is -2.35. The molecule has 0 saturated heterocycles. The number of nitrogens with one attached hydrogen (secondary N) is 1. The molecule has 20 heavy (non-hydrogen) atoms. The van der Waals surface area contributed by atoms with Crippen LogP contribution in [0.3, 0.4) is 0 Å². The van der Waals surface area contributed by atoms with E-state index in [0.29, 0.717) is 5.56 Å². The van der Waals surface area contributed by atoms with E-state index >= 15 is 0 Å². The van der Waals surface area contributed by atoms with Crippen molar-refractivity contribution in [2.45, 2.75) is 26.3 Å². The molecule has 5 nitrogen and oxygen atoms in total. The van der Waals surface area contributed by atoms with Crippen LogP contribution >= 0.6 is 0 Å². The number of rotatable bonds is 1. The summed E-state index contributed by atoms with van der Waals surface area (Å²) in [5.41, 5.74) is 4.33. The molecule has 0 atom stereocenters. The van der Waals surface area contributed by atoms with Crippen molar-refractivity contribution in [1.82, 2.24) is 9.55 Å². The predicted molar refractivity (Wildman–Crippen MR) is 76.3 cm³/mol. The smallest absolute Gasteiger partial charge is 0.337 e. The minimum absolute atomic E-state index is 0.248. The minimum Gasteiger partial charge on any atom is -0.465 e. The largest absolute Gasteiger partial charge is 0.465 e. The van der Waals surface area contributed by atoms with Crippen molar-refractivity contribution < 1.29 is 9.53 Å². The van der Waals surface area contributed by atoms with E-state index < -0.39 is 0 Å². The molecule has 0 spiro atoms. The first-order valence-corrected chi connectivity index (χ1v) is 6.49.